The van der Waals surface area contributed by atoms with Crippen molar-refractivity contribution in [3.63, 3.8) is 0 Å². The summed E-state index contributed by atoms with van der Waals surface area (Å²) in [4.78, 5) is 16.5. The van der Waals surface area contributed by atoms with Gasteiger partial charge in [0.15, 0.2) is 9.84 Å². The standard InChI is InChI=1S/C14H21NO3S2/c1-11-10-20(17,18)9-8-15(11)14(16)5-3-4-13-7-6-12(2)19-13/h6-7,11H,3-5,8-10H2,1-2H3/t11-/m1/s1. The van der Waals surface area contributed by atoms with E-state index in [1.807, 2.05) is 6.92 Å². The summed E-state index contributed by atoms with van der Waals surface area (Å²) in [6.07, 6.45) is 2.25. The Morgan fingerprint density at radius 2 is 2.20 bits per heavy atom. The molecular formula is C14H21NO3S2. The molecule has 2 rings (SSSR count). The van der Waals surface area contributed by atoms with E-state index in [9.17, 15) is 13.2 Å². The van der Waals surface area contributed by atoms with Crippen molar-refractivity contribution in [2.24, 2.45) is 0 Å². The molecule has 1 aromatic heterocycles. The van der Waals surface area contributed by atoms with Gasteiger partial charge in [0.2, 0.25) is 5.91 Å². The first-order valence-corrected chi connectivity index (χ1v) is 9.56. The number of sulfone groups is 1. The van der Waals surface area contributed by atoms with E-state index < -0.39 is 9.84 Å². The number of hydrogen-bond acceptors (Lipinski definition) is 4. The van der Waals surface area contributed by atoms with Crippen LogP contribution in [0.2, 0.25) is 0 Å². The summed E-state index contributed by atoms with van der Waals surface area (Å²) in [5.74, 6) is 0.288. The fourth-order valence-electron chi connectivity index (χ4n) is 2.55. The van der Waals surface area contributed by atoms with E-state index in [4.69, 9.17) is 0 Å². The minimum absolute atomic E-state index is 0.0840. The van der Waals surface area contributed by atoms with Gasteiger partial charge >= 0.3 is 0 Å². The van der Waals surface area contributed by atoms with Crippen LogP contribution in [-0.4, -0.2) is 43.3 Å². The third kappa shape index (κ3) is 4.06. The highest BCUT2D eigenvalue weighted by molar-refractivity contribution is 7.91. The van der Waals surface area contributed by atoms with E-state index in [-0.39, 0.29) is 23.5 Å². The van der Waals surface area contributed by atoms with Crippen molar-refractivity contribution < 1.29 is 13.2 Å². The molecule has 1 saturated heterocycles. The molecule has 0 bridgehead atoms. The molecule has 0 radical (unpaired) electrons. The minimum atomic E-state index is -2.95. The summed E-state index contributed by atoms with van der Waals surface area (Å²) in [5.41, 5.74) is 0. The highest BCUT2D eigenvalue weighted by atomic mass is 32.2. The summed E-state index contributed by atoms with van der Waals surface area (Å²) in [6, 6.07) is 4.02. The Labute approximate surface area is 124 Å². The van der Waals surface area contributed by atoms with Crippen LogP contribution in [0, 0.1) is 6.92 Å². The van der Waals surface area contributed by atoms with E-state index in [0.717, 1.165) is 12.8 Å². The molecular weight excluding hydrogens is 294 g/mol. The molecule has 0 saturated carbocycles. The van der Waals surface area contributed by atoms with Gasteiger partial charge in [0.25, 0.3) is 0 Å². The van der Waals surface area contributed by atoms with E-state index >= 15 is 0 Å². The Hall–Kier alpha value is -0.880. The van der Waals surface area contributed by atoms with Crippen LogP contribution < -0.4 is 0 Å². The molecule has 0 spiro atoms. The lowest BCUT2D eigenvalue weighted by Gasteiger charge is -2.33. The average molecular weight is 315 g/mol. The van der Waals surface area contributed by atoms with Gasteiger partial charge in [-0.1, -0.05) is 0 Å². The number of hydrogen-bond donors (Lipinski definition) is 0. The molecule has 1 fully saturated rings. The molecule has 1 aromatic rings. The molecule has 112 valence electrons. The summed E-state index contributed by atoms with van der Waals surface area (Å²) < 4.78 is 23.0. The van der Waals surface area contributed by atoms with E-state index in [2.05, 4.69) is 19.1 Å². The van der Waals surface area contributed by atoms with Crippen molar-refractivity contribution in [1.29, 1.82) is 0 Å². The minimum Gasteiger partial charge on any atom is -0.338 e. The Kier molecular flexibility index (Phi) is 4.86. The first-order valence-electron chi connectivity index (χ1n) is 6.92. The maximum atomic E-state index is 12.1. The van der Waals surface area contributed by atoms with Gasteiger partial charge in [-0.05, 0) is 38.8 Å². The highest BCUT2D eigenvalue weighted by Crippen LogP contribution is 2.18. The molecule has 20 heavy (non-hydrogen) atoms. The summed E-state index contributed by atoms with van der Waals surface area (Å²) in [7, 11) is -2.95. The zero-order valence-corrected chi connectivity index (χ0v) is 13.6. The van der Waals surface area contributed by atoms with Crippen LogP contribution in [0.4, 0.5) is 0 Å². The van der Waals surface area contributed by atoms with Crippen molar-refractivity contribution in [2.75, 3.05) is 18.1 Å². The van der Waals surface area contributed by atoms with Gasteiger partial charge in [-0.3, -0.25) is 4.79 Å². The number of aryl methyl sites for hydroxylation is 2. The van der Waals surface area contributed by atoms with Crippen molar-refractivity contribution in [1.82, 2.24) is 4.90 Å². The predicted octanol–water partition coefficient (Wildman–Crippen LogP) is 2.02. The molecule has 4 nitrogen and oxygen atoms in total. The van der Waals surface area contributed by atoms with Gasteiger partial charge < -0.3 is 4.90 Å². The number of carbonyl (C=O) groups is 1. The van der Waals surface area contributed by atoms with E-state index in [0.29, 0.717) is 13.0 Å². The highest BCUT2D eigenvalue weighted by Gasteiger charge is 2.30. The van der Waals surface area contributed by atoms with Gasteiger partial charge in [0.1, 0.15) is 0 Å². The Balaban J connectivity index is 1.80. The summed E-state index contributed by atoms with van der Waals surface area (Å²) >= 11 is 1.77. The maximum absolute atomic E-state index is 12.1. The van der Waals surface area contributed by atoms with Crippen molar-refractivity contribution >= 4 is 27.1 Å². The van der Waals surface area contributed by atoms with Gasteiger partial charge in [-0.2, -0.15) is 0 Å². The lowest BCUT2D eigenvalue weighted by atomic mass is 10.2. The van der Waals surface area contributed by atoms with Crippen LogP contribution in [0.3, 0.4) is 0 Å². The number of rotatable bonds is 4. The second kappa shape index (κ2) is 6.26. The molecule has 1 aliphatic heterocycles. The van der Waals surface area contributed by atoms with Gasteiger partial charge in [0.05, 0.1) is 11.5 Å². The Morgan fingerprint density at radius 3 is 2.80 bits per heavy atom. The number of thiophene rings is 1. The molecule has 6 heteroatoms. The third-order valence-corrected chi connectivity index (χ3v) is 6.46. The molecule has 1 atom stereocenters. The topological polar surface area (TPSA) is 54.5 Å². The van der Waals surface area contributed by atoms with Gasteiger partial charge in [0, 0.05) is 28.8 Å². The normalized spacial score (nSPS) is 21.9. The van der Waals surface area contributed by atoms with E-state index in [1.165, 1.54) is 9.75 Å². The van der Waals surface area contributed by atoms with Crippen LogP contribution in [0.25, 0.3) is 0 Å². The van der Waals surface area contributed by atoms with Crippen molar-refractivity contribution in [2.45, 2.75) is 39.2 Å². The summed E-state index contributed by atoms with van der Waals surface area (Å²) in [5, 5.41) is 0. The number of carbonyl (C=O) groups excluding carboxylic acids is 1. The predicted molar refractivity (Wildman–Crippen MR) is 81.8 cm³/mol. The Morgan fingerprint density at radius 1 is 1.45 bits per heavy atom. The second-order valence-electron chi connectivity index (χ2n) is 5.42. The third-order valence-electron chi connectivity index (χ3n) is 3.60. The SMILES string of the molecule is Cc1ccc(CCCC(=O)N2CCS(=O)(=O)C[C@H]2C)s1. The zero-order chi connectivity index (χ0) is 14.8. The number of amides is 1. The average Bonchev–Trinajstić information content (AvgIpc) is 2.73. The van der Waals surface area contributed by atoms with E-state index in [1.54, 1.807) is 16.2 Å². The van der Waals surface area contributed by atoms with Crippen molar-refractivity contribution in [3.8, 4) is 0 Å². The van der Waals surface area contributed by atoms with Gasteiger partial charge in [-0.25, -0.2) is 8.42 Å². The largest absolute Gasteiger partial charge is 0.338 e. The Bertz CT molecular complexity index is 577. The lowest BCUT2D eigenvalue weighted by Crippen LogP contribution is -2.49. The van der Waals surface area contributed by atoms with Crippen LogP contribution in [0.15, 0.2) is 12.1 Å². The number of nitrogens with zero attached hydrogens (tertiary/aromatic N) is 1. The van der Waals surface area contributed by atoms with Crippen molar-refractivity contribution in [3.05, 3.63) is 21.9 Å². The molecule has 1 aliphatic rings. The van der Waals surface area contributed by atoms with Crippen LogP contribution in [0.1, 0.15) is 29.5 Å². The quantitative estimate of drug-likeness (QED) is 0.854. The lowest BCUT2D eigenvalue weighted by molar-refractivity contribution is -0.132. The van der Waals surface area contributed by atoms with Gasteiger partial charge in [-0.15, -0.1) is 11.3 Å². The molecule has 0 N–H and O–H groups in total. The fourth-order valence-corrected chi connectivity index (χ4v) is 5.03. The molecule has 0 unspecified atom stereocenters. The second-order valence-corrected chi connectivity index (χ2v) is 9.02. The molecule has 0 aromatic carbocycles. The smallest absolute Gasteiger partial charge is 0.222 e. The van der Waals surface area contributed by atoms with Crippen LogP contribution >= 0.6 is 11.3 Å². The maximum Gasteiger partial charge on any atom is 0.222 e. The summed E-state index contributed by atoms with van der Waals surface area (Å²) in [6.45, 7) is 4.24. The first-order chi connectivity index (χ1) is 9.37. The monoisotopic (exact) mass is 315 g/mol. The molecule has 2 heterocycles. The molecule has 1 amide bonds. The van der Waals surface area contributed by atoms with Crippen LogP contribution in [0.5, 0.6) is 0 Å². The first kappa shape index (κ1) is 15.5. The molecule has 0 aliphatic carbocycles. The van der Waals surface area contributed by atoms with Crippen LogP contribution in [-0.2, 0) is 21.1 Å². The zero-order valence-electron chi connectivity index (χ0n) is 12.0. The fraction of sp³-hybridized carbons (Fsp3) is 0.643.